The Bertz CT molecular complexity index is 1070. The van der Waals surface area contributed by atoms with Crippen molar-refractivity contribution in [2.24, 2.45) is 5.41 Å². The molecule has 4 atom stereocenters. The van der Waals surface area contributed by atoms with Gasteiger partial charge in [-0.05, 0) is 70.1 Å². The van der Waals surface area contributed by atoms with Gasteiger partial charge in [0.25, 0.3) is 0 Å². The van der Waals surface area contributed by atoms with Gasteiger partial charge in [0.05, 0.1) is 25.4 Å². The van der Waals surface area contributed by atoms with Crippen LogP contribution in [-0.2, 0) is 32.2 Å². The van der Waals surface area contributed by atoms with E-state index in [2.05, 4.69) is 39.2 Å². The number of phosphoric acid groups is 1. The van der Waals surface area contributed by atoms with Crippen molar-refractivity contribution >= 4 is 28.0 Å². The van der Waals surface area contributed by atoms with Crippen molar-refractivity contribution in [1.82, 2.24) is 5.32 Å². The van der Waals surface area contributed by atoms with E-state index in [9.17, 15) is 19.3 Å². The van der Waals surface area contributed by atoms with Crippen LogP contribution in [0.25, 0.3) is 0 Å². The fourth-order valence-electron chi connectivity index (χ4n) is 3.16. The highest BCUT2D eigenvalue weighted by atomic mass is 31.2. The minimum absolute atomic E-state index is 0.0727. The number of benzene rings is 1. The van der Waals surface area contributed by atoms with Crippen LogP contribution in [0, 0.1) is 5.41 Å². The number of carboxylic acid groups (broad SMARTS) is 1. The van der Waals surface area contributed by atoms with E-state index in [1.54, 1.807) is 72.9 Å². The van der Waals surface area contributed by atoms with E-state index in [0.29, 0.717) is 11.5 Å². The first-order chi connectivity index (χ1) is 18.9. The second-order valence-corrected chi connectivity index (χ2v) is 20.1. The zero-order valence-corrected chi connectivity index (χ0v) is 29.4. The van der Waals surface area contributed by atoms with E-state index in [0.717, 1.165) is 0 Å². The van der Waals surface area contributed by atoms with Crippen LogP contribution >= 0.6 is 7.82 Å². The lowest BCUT2D eigenvalue weighted by atomic mass is 9.95. The second-order valence-electron chi connectivity index (χ2n) is 13.8. The number of carbonyl (C=O) groups excluding carboxylic acids is 1. The van der Waals surface area contributed by atoms with Crippen LogP contribution in [0.3, 0.4) is 0 Å². The smallest absolute Gasteiger partial charge is 0.475 e. The van der Waals surface area contributed by atoms with Crippen molar-refractivity contribution in [3.05, 3.63) is 24.3 Å². The molecule has 0 heterocycles. The molecule has 1 amide bonds. The highest BCUT2D eigenvalue weighted by Crippen LogP contribution is 2.54. The fraction of sp³-hybridized carbons (Fsp3) is 0.724. The lowest BCUT2D eigenvalue weighted by Gasteiger charge is -2.39. The number of amides is 1. The first kappa shape index (κ1) is 38.1. The van der Waals surface area contributed by atoms with E-state index >= 15 is 0 Å². The zero-order chi connectivity index (χ0) is 32.7. The third-order valence-electron chi connectivity index (χ3n) is 6.57. The van der Waals surface area contributed by atoms with Gasteiger partial charge < -0.3 is 24.3 Å². The van der Waals surface area contributed by atoms with E-state index in [-0.39, 0.29) is 18.3 Å². The van der Waals surface area contributed by atoms with Gasteiger partial charge in [0.2, 0.25) is 5.91 Å². The van der Waals surface area contributed by atoms with E-state index in [4.69, 9.17) is 27.5 Å². The van der Waals surface area contributed by atoms with Crippen molar-refractivity contribution in [3.8, 4) is 11.5 Å². The molecule has 0 saturated carbocycles. The summed E-state index contributed by atoms with van der Waals surface area (Å²) in [6.07, 6.45) is -1.93. The third kappa shape index (κ3) is 12.7. The lowest BCUT2D eigenvalue weighted by Crippen LogP contribution is -2.51. The van der Waals surface area contributed by atoms with Gasteiger partial charge >= 0.3 is 13.8 Å². The number of hydrogen-bond acceptors (Lipinski definition) is 9. The standard InChI is InChI=1S/C29H52NO10PSi/c1-20(24(25(31)32)30-26(33)27(2,3)4)38-41(34,40-28(5,6)7)37-19-23(39-42(12,13)29(8,9)10)18-36-22-16-14-21(35-11)15-17-22/h14-17,20,23-24H,18-19H2,1-13H3,(H,30,33)(H,31,32)/t20-,23+,24-,41?/m0/s1. The molecule has 1 aromatic rings. The van der Waals surface area contributed by atoms with Gasteiger partial charge in [-0.3, -0.25) is 18.4 Å². The molecular weight excluding hydrogens is 581 g/mol. The Hall–Kier alpha value is -1.95. The van der Waals surface area contributed by atoms with E-state index in [1.807, 2.05) is 0 Å². The Kier molecular flexibility index (Phi) is 13.3. The third-order valence-corrected chi connectivity index (χ3v) is 12.9. The van der Waals surface area contributed by atoms with E-state index < -0.39 is 57.3 Å². The molecule has 242 valence electrons. The summed E-state index contributed by atoms with van der Waals surface area (Å²) >= 11 is 0. The largest absolute Gasteiger partial charge is 0.497 e. The fourth-order valence-corrected chi connectivity index (χ4v) is 6.19. The Morgan fingerprint density at radius 1 is 0.952 bits per heavy atom. The SMILES string of the molecule is COc1ccc(OC[C@H](COP(=O)(O[C@@H](C)[C@H](NC(=O)C(C)(C)C)C(=O)O)OC(C)(C)C)O[Si](C)(C)C(C)(C)C)cc1. The number of nitrogens with one attached hydrogen (secondary N) is 1. The average molecular weight is 634 g/mol. The van der Waals surface area contributed by atoms with Crippen molar-refractivity contribution in [2.45, 2.75) is 111 Å². The van der Waals surface area contributed by atoms with Crippen LogP contribution in [0.1, 0.15) is 69.2 Å². The minimum atomic E-state index is -4.39. The van der Waals surface area contributed by atoms with Gasteiger partial charge in [-0.15, -0.1) is 0 Å². The van der Waals surface area contributed by atoms with Gasteiger partial charge in [-0.1, -0.05) is 41.5 Å². The zero-order valence-electron chi connectivity index (χ0n) is 27.5. The molecule has 13 heteroatoms. The summed E-state index contributed by atoms with van der Waals surface area (Å²) in [6, 6.07) is 5.56. The van der Waals surface area contributed by atoms with Gasteiger partial charge in [0.15, 0.2) is 14.4 Å². The molecule has 0 aliphatic carbocycles. The molecule has 1 rings (SSSR count). The number of rotatable bonds is 15. The lowest BCUT2D eigenvalue weighted by molar-refractivity contribution is -0.146. The van der Waals surface area contributed by atoms with E-state index in [1.165, 1.54) is 6.92 Å². The molecule has 42 heavy (non-hydrogen) atoms. The quantitative estimate of drug-likeness (QED) is 0.164. The van der Waals surface area contributed by atoms with Crippen LogP contribution in [0.15, 0.2) is 24.3 Å². The van der Waals surface area contributed by atoms with Crippen molar-refractivity contribution in [1.29, 1.82) is 0 Å². The van der Waals surface area contributed by atoms with Gasteiger partial charge in [-0.2, -0.15) is 0 Å². The maximum absolute atomic E-state index is 14.0. The molecule has 0 saturated heterocycles. The number of aliphatic carboxylic acids is 1. The predicted molar refractivity (Wildman–Crippen MR) is 165 cm³/mol. The molecule has 0 radical (unpaired) electrons. The maximum atomic E-state index is 14.0. The van der Waals surface area contributed by atoms with Crippen LogP contribution in [0.2, 0.25) is 18.1 Å². The van der Waals surface area contributed by atoms with Crippen LogP contribution in [0.5, 0.6) is 11.5 Å². The van der Waals surface area contributed by atoms with Crippen molar-refractivity contribution in [2.75, 3.05) is 20.3 Å². The highest BCUT2D eigenvalue weighted by Gasteiger charge is 2.43. The van der Waals surface area contributed by atoms with Crippen molar-refractivity contribution in [3.63, 3.8) is 0 Å². The van der Waals surface area contributed by atoms with Crippen LogP contribution < -0.4 is 14.8 Å². The molecule has 0 bridgehead atoms. The summed E-state index contributed by atoms with van der Waals surface area (Å²) in [4.78, 5) is 24.6. The first-order valence-corrected chi connectivity index (χ1v) is 18.4. The normalized spacial score (nSPS) is 16.6. The van der Waals surface area contributed by atoms with Gasteiger partial charge in [0.1, 0.15) is 24.2 Å². The van der Waals surface area contributed by atoms with Crippen LogP contribution in [0.4, 0.5) is 0 Å². The molecule has 1 unspecified atom stereocenters. The summed E-state index contributed by atoms with van der Waals surface area (Å²) < 4.78 is 49.0. The molecule has 0 aromatic heterocycles. The molecule has 11 nitrogen and oxygen atoms in total. The maximum Gasteiger partial charge on any atom is 0.475 e. The van der Waals surface area contributed by atoms with Gasteiger partial charge in [0, 0.05) is 5.41 Å². The topological polar surface area (TPSA) is 139 Å². The monoisotopic (exact) mass is 633 g/mol. The Balaban J connectivity index is 3.24. The summed E-state index contributed by atoms with van der Waals surface area (Å²) in [6.45, 7) is 21.6. The molecule has 0 spiro atoms. The first-order valence-electron chi connectivity index (χ1n) is 14.0. The molecular formula is C29H52NO10PSi. The predicted octanol–water partition coefficient (Wildman–Crippen LogP) is 6.42. The molecule has 0 aliphatic heterocycles. The molecule has 0 aliphatic rings. The average Bonchev–Trinajstić information content (AvgIpc) is 2.81. The summed E-state index contributed by atoms with van der Waals surface area (Å²) in [7, 11) is -5.16. The summed E-state index contributed by atoms with van der Waals surface area (Å²) in [5.74, 6) is -0.590. The van der Waals surface area contributed by atoms with Crippen LogP contribution in [-0.4, -0.2) is 69.5 Å². The highest BCUT2D eigenvalue weighted by molar-refractivity contribution is 7.48. The molecule has 1 aromatic carbocycles. The Morgan fingerprint density at radius 2 is 1.48 bits per heavy atom. The second kappa shape index (κ2) is 14.7. The number of carboxylic acids is 1. The number of carbonyl (C=O) groups is 2. The molecule has 2 N–H and O–H groups in total. The number of hydrogen-bond donors (Lipinski definition) is 2. The number of methoxy groups -OCH3 is 1. The Labute approximate surface area is 252 Å². The van der Waals surface area contributed by atoms with Crippen molar-refractivity contribution < 1.29 is 46.7 Å². The number of ether oxygens (including phenoxy) is 2. The molecule has 0 fully saturated rings. The summed E-state index contributed by atoms with van der Waals surface area (Å²) in [5.41, 5.74) is -1.83. The van der Waals surface area contributed by atoms with Gasteiger partial charge in [-0.25, -0.2) is 9.36 Å². The summed E-state index contributed by atoms with van der Waals surface area (Å²) in [5, 5.41) is 12.1. The Morgan fingerprint density at radius 3 is 1.90 bits per heavy atom. The minimum Gasteiger partial charge on any atom is -0.497 e. The number of phosphoric ester groups is 1.